The Kier molecular flexibility index (Phi) is 3.86. The van der Waals surface area contributed by atoms with Crippen molar-refractivity contribution in [2.45, 2.75) is 45.6 Å². The van der Waals surface area contributed by atoms with Crippen molar-refractivity contribution >= 4 is 0 Å². The first-order valence-corrected chi connectivity index (χ1v) is 3.86. The molecule has 0 aliphatic rings. The van der Waals surface area contributed by atoms with Crippen LogP contribution in [0.25, 0.3) is 0 Å². The van der Waals surface area contributed by atoms with Crippen LogP contribution in [0.5, 0.6) is 0 Å². The highest BCUT2D eigenvalue weighted by molar-refractivity contribution is 4.69. The summed E-state index contributed by atoms with van der Waals surface area (Å²) >= 11 is 0. The summed E-state index contributed by atoms with van der Waals surface area (Å²) in [6.07, 6.45) is 2.77. The lowest BCUT2D eigenvalue weighted by atomic mass is 9.94. The van der Waals surface area contributed by atoms with Gasteiger partial charge in [0.1, 0.15) is 5.54 Å². The summed E-state index contributed by atoms with van der Waals surface area (Å²) in [6.45, 7) is 6.00. The normalized spacial score (nSPS) is 20.1. The number of nitrogens with two attached hydrogens (primary N) is 1. The Balaban J connectivity index is 3.94. The van der Waals surface area contributed by atoms with E-state index < -0.39 is 0 Å². The van der Waals surface area contributed by atoms with Gasteiger partial charge in [0.25, 0.3) is 0 Å². The molecule has 0 heterocycles. The van der Waals surface area contributed by atoms with Gasteiger partial charge in [0, 0.05) is 12.8 Å². The molecule has 0 amide bonds. The summed E-state index contributed by atoms with van der Waals surface area (Å²) < 4.78 is 0. The monoisotopic (exact) mass is 146 g/mol. The van der Waals surface area contributed by atoms with Crippen LogP contribution in [0.3, 0.4) is 0 Å². The van der Waals surface area contributed by atoms with E-state index in [-0.39, 0.29) is 10.7 Å². The highest BCUT2D eigenvalue weighted by atomic mass is 16.5. The number of quaternary nitrogens is 1. The number of hydroxylamine groups is 1. The maximum Gasteiger partial charge on any atom is 0.111 e. The molecular formula is C7H18N2O. The van der Waals surface area contributed by atoms with Gasteiger partial charge in [0.15, 0.2) is 0 Å². The Bertz CT molecular complexity index is 95.6. The van der Waals surface area contributed by atoms with Gasteiger partial charge in [-0.15, -0.1) is 0 Å². The van der Waals surface area contributed by atoms with E-state index in [9.17, 15) is 5.21 Å². The Morgan fingerprint density at radius 1 is 1.50 bits per heavy atom. The predicted molar refractivity (Wildman–Crippen MR) is 42.1 cm³/mol. The fourth-order valence-electron chi connectivity index (χ4n) is 1.03. The number of hydrogen-bond acceptors (Lipinski definition) is 2. The fraction of sp³-hybridized carbons (Fsp3) is 1.00. The molecule has 0 fully saturated rings. The molecule has 0 aromatic carbocycles. The van der Waals surface area contributed by atoms with Crippen LogP contribution in [0.4, 0.5) is 0 Å². The second kappa shape index (κ2) is 3.91. The van der Waals surface area contributed by atoms with E-state index in [1.807, 2.05) is 13.8 Å². The molecule has 0 aromatic heterocycles. The summed E-state index contributed by atoms with van der Waals surface area (Å²) in [6, 6.07) is 0. The molecule has 3 N–H and O–H groups in total. The van der Waals surface area contributed by atoms with Crippen molar-refractivity contribution in [3.8, 4) is 0 Å². The number of nitrogens with one attached hydrogen (secondary N) is 1. The highest BCUT2D eigenvalue weighted by Crippen LogP contribution is 2.10. The Labute approximate surface area is 62.7 Å². The maximum atomic E-state index is 10.9. The minimum atomic E-state index is -0.269. The second-order valence-corrected chi connectivity index (χ2v) is 3.03. The fourth-order valence-corrected chi connectivity index (χ4v) is 1.03. The third-order valence-corrected chi connectivity index (χ3v) is 2.18. The Morgan fingerprint density at radius 3 is 2.10 bits per heavy atom. The van der Waals surface area contributed by atoms with Gasteiger partial charge >= 0.3 is 0 Å². The molecule has 10 heavy (non-hydrogen) atoms. The molecule has 3 nitrogen and oxygen atoms in total. The summed E-state index contributed by atoms with van der Waals surface area (Å²) in [5.74, 6) is 5.23. The minimum Gasteiger partial charge on any atom is -0.613 e. The first-order chi connectivity index (χ1) is 4.56. The minimum absolute atomic E-state index is 0.170. The summed E-state index contributed by atoms with van der Waals surface area (Å²) in [5.41, 5.74) is -0.269. The second-order valence-electron chi connectivity index (χ2n) is 3.03. The van der Waals surface area contributed by atoms with Gasteiger partial charge in [-0.05, 0) is 6.92 Å². The summed E-state index contributed by atoms with van der Waals surface area (Å²) in [5, 5.41) is 10.7. The molecule has 0 bridgehead atoms. The van der Waals surface area contributed by atoms with Crippen LogP contribution >= 0.6 is 0 Å². The third kappa shape index (κ3) is 2.25. The van der Waals surface area contributed by atoms with Crippen LogP contribution in [0.2, 0.25) is 0 Å². The highest BCUT2D eigenvalue weighted by Gasteiger charge is 2.25. The quantitative estimate of drug-likeness (QED) is 0.440. The van der Waals surface area contributed by atoms with E-state index in [1.54, 1.807) is 0 Å². The number of rotatable bonds is 4. The Morgan fingerprint density at radius 2 is 2.00 bits per heavy atom. The maximum absolute atomic E-state index is 10.9. The average Bonchev–Trinajstić information content (AvgIpc) is 1.88. The van der Waals surface area contributed by atoms with Crippen LogP contribution in [-0.4, -0.2) is 5.54 Å². The van der Waals surface area contributed by atoms with Gasteiger partial charge < -0.3 is 5.21 Å². The van der Waals surface area contributed by atoms with Crippen LogP contribution in [0.15, 0.2) is 0 Å². The molecule has 0 radical (unpaired) electrons. The molecule has 2 atom stereocenters. The third-order valence-electron chi connectivity index (χ3n) is 2.18. The van der Waals surface area contributed by atoms with Gasteiger partial charge in [0.2, 0.25) is 0 Å². The summed E-state index contributed by atoms with van der Waals surface area (Å²) in [7, 11) is 0. The largest absolute Gasteiger partial charge is 0.613 e. The SMILES string of the molecule is CCCC(C)(CC)[NH+](N)[O-]. The predicted octanol–water partition coefficient (Wildman–Crippen LogP) is 0.212. The zero-order chi connectivity index (χ0) is 8.20. The molecule has 0 aromatic rings. The average molecular weight is 146 g/mol. The van der Waals surface area contributed by atoms with E-state index in [4.69, 9.17) is 5.84 Å². The molecule has 0 saturated heterocycles. The van der Waals surface area contributed by atoms with Gasteiger partial charge in [-0.1, -0.05) is 20.3 Å². The van der Waals surface area contributed by atoms with Crippen LogP contribution in [0, 0.1) is 5.21 Å². The van der Waals surface area contributed by atoms with E-state index >= 15 is 0 Å². The lowest BCUT2D eigenvalue weighted by Crippen LogP contribution is -3.20. The van der Waals surface area contributed by atoms with Crippen LogP contribution < -0.4 is 11.0 Å². The molecule has 0 aliphatic heterocycles. The van der Waals surface area contributed by atoms with Crippen molar-refractivity contribution in [3.05, 3.63) is 5.21 Å². The molecule has 3 heteroatoms. The van der Waals surface area contributed by atoms with E-state index in [2.05, 4.69) is 6.92 Å². The van der Waals surface area contributed by atoms with Crippen molar-refractivity contribution in [1.82, 2.24) is 0 Å². The zero-order valence-corrected chi connectivity index (χ0v) is 7.11. The smallest absolute Gasteiger partial charge is 0.111 e. The van der Waals surface area contributed by atoms with Crippen LogP contribution in [0.1, 0.15) is 40.0 Å². The van der Waals surface area contributed by atoms with E-state index in [0.29, 0.717) is 0 Å². The van der Waals surface area contributed by atoms with Crippen molar-refractivity contribution in [1.29, 1.82) is 0 Å². The zero-order valence-electron chi connectivity index (χ0n) is 7.11. The first kappa shape index (κ1) is 9.88. The molecular weight excluding hydrogens is 128 g/mol. The van der Waals surface area contributed by atoms with E-state index in [0.717, 1.165) is 19.3 Å². The lowest BCUT2D eigenvalue weighted by Gasteiger charge is -2.35. The molecule has 0 aliphatic carbocycles. The molecule has 0 saturated carbocycles. The van der Waals surface area contributed by atoms with Gasteiger partial charge in [-0.25, -0.2) is 0 Å². The first-order valence-electron chi connectivity index (χ1n) is 3.86. The number of hydrogen-bond donors (Lipinski definition) is 2. The van der Waals surface area contributed by atoms with Gasteiger partial charge in [-0.3, -0.25) is 5.17 Å². The standard InChI is InChI=1S/C7H18N2O/c1-4-6-7(3,5-2)9(8)10/h9H,4-6,8H2,1-3H3. The molecule has 0 rings (SSSR count). The van der Waals surface area contributed by atoms with Crippen molar-refractivity contribution in [3.63, 3.8) is 0 Å². The Hall–Kier alpha value is -0.120. The van der Waals surface area contributed by atoms with Crippen molar-refractivity contribution in [2.75, 3.05) is 0 Å². The van der Waals surface area contributed by atoms with E-state index in [1.165, 1.54) is 0 Å². The molecule has 62 valence electrons. The summed E-state index contributed by atoms with van der Waals surface area (Å²) in [4.78, 5) is 0. The van der Waals surface area contributed by atoms with Gasteiger partial charge in [-0.2, -0.15) is 5.84 Å². The van der Waals surface area contributed by atoms with Crippen LogP contribution in [-0.2, 0) is 0 Å². The lowest BCUT2D eigenvalue weighted by molar-refractivity contribution is -0.916. The topological polar surface area (TPSA) is 53.5 Å². The van der Waals surface area contributed by atoms with Crippen molar-refractivity contribution in [2.24, 2.45) is 5.84 Å². The van der Waals surface area contributed by atoms with Crippen molar-refractivity contribution < 1.29 is 5.17 Å². The molecule has 0 spiro atoms. The molecule has 2 unspecified atom stereocenters. The van der Waals surface area contributed by atoms with Gasteiger partial charge in [0.05, 0.1) is 0 Å².